The minimum absolute atomic E-state index is 0.0985. The summed E-state index contributed by atoms with van der Waals surface area (Å²) in [6, 6.07) is 10.6. The molecule has 1 aromatic heterocycles. The van der Waals surface area contributed by atoms with Crippen LogP contribution in [0.5, 0.6) is 17.2 Å². The number of nitrogens with zero attached hydrogens (tertiary/aromatic N) is 3. The highest BCUT2D eigenvalue weighted by Crippen LogP contribution is 2.35. The lowest BCUT2D eigenvalue weighted by Crippen LogP contribution is -2.20. The average molecular weight is 450 g/mol. The van der Waals surface area contributed by atoms with E-state index in [2.05, 4.69) is 25.2 Å². The summed E-state index contributed by atoms with van der Waals surface area (Å²) in [5.74, 6) is 0.0136. The Labute approximate surface area is 177 Å². The van der Waals surface area contributed by atoms with Crippen molar-refractivity contribution >= 4 is 23.4 Å². The van der Waals surface area contributed by atoms with Gasteiger partial charge in [-0.25, -0.2) is 4.98 Å². The van der Waals surface area contributed by atoms with Crippen LogP contribution >= 0.6 is 11.8 Å². The quantitative estimate of drug-likeness (QED) is 0.565. The van der Waals surface area contributed by atoms with E-state index < -0.39 is 18.0 Å². The maximum atomic E-state index is 12.5. The normalized spacial score (nSPS) is 12.5. The lowest BCUT2D eigenvalue weighted by Gasteiger charge is -2.13. The lowest BCUT2D eigenvalue weighted by atomic mass is 10.1. The fraction of sp³-hybridized carbons (Fsp3) is 0.158. The number of carbonyl (C=O) groups excluding carboxylic acids is 1. The Balaban J connectivity index is 1.40. The summed E-state index contributed by atoms with van der Waals surface area (Å²) in [6.45, 7) is 0.147. The molecule has 31 heavy (non-hydrogen) atoms. The monoisotopic (exact) mass is 450 g/mol. The Morgan fingerprint density at radius 3 is 2.81 bits per heavy atom. The molecule has 3 aromatic rings. The van der Waals surface area contributed by atoms with Crippen molar-refractivity contribution in [2.75, 3.05) is 17.9 Å². The van der Waals surface area contributed by atoms with Crippen LogP contribution in [0.15, 0.2) is 53.8 Å². The molecule has 1 aliphatic rings. The number of thioether (sulfide) groups is 1. The van der Waals surface area contributed by atoms with E-state index in [4.69, 9.17) is 9.47 Å². The van der Waals surface area contributed by atoms with E-state index in [0.29, 0.717) is 17.2 Å². The third-order valence-corrected chi connectivity index (χ3v) is 4.76. The molecule has 0 fully saturated rings. The number of ether oxygens (including phenoxy) is 3. The maximum absolute atomic E-state index is 12.5. The molecule has 0 atom stereocenters. The van der Waals surface area contributed by atoms with E-state index in [0.717, 1.165) is 23.4 Å². The minimum Gasteiger partial charge on any atom is -0.454 e. The summed E-state index contributed by atoms with van der Waals surface area (Å²) in [4.78, 5) is 16.6. The zero-order valence-corrected chi connectivity index (χ0v) is 16.4. The molecule has 0 aliphatic carbocycles. The number of fused-ring (bicyclic) bond motifs is 1. The van der Waals surface area contributed by atoms with Gasteiger partial charge in [0.1, 0.15) is 0 Å². The molecule has 2 heterocycles. The van der Waals surface area contributed by atoms with Gasteiger partial charge >= 0.3 is 6.36 Å². The van der Waals surface area contributed by atoms with Gasteiger partial charge in [0.15, 0.2) is 17.2 Å². The molecule has 8 nitrogen and oxygen atoms in total. The zero-order chi connectivity index (χ0) is 21.8. The number of carbonyl (C=O) groups is 1. The van der Waals surface area contributed by atoms with E-state index >= 15 is 0 Å². The molecular weight excluding hydrogens is 437 g/mol. The Morgan fingerprint density at radius 2 is 1.97 bits per heavy atom. The van der Waals surface area contributed by atoms with E-state index in [1.54, 1.807) is 18.2 Å². The van der Waals surface area contributed by atoms with Gasteiger partial charge in [0.05, 0.1) is 23.3 Å². The van der Waals surface area contributed by atoms with E-state index in [9.17, 15) is 18.0 Å². The summed E-state index contributed by atoms with van der Waals surface area (Å²) in [7, 11) is 0. The van der Waals surface area contributed by atoms with Crippen molar-refractivity contribution in [3.63, 3.8) is 0 Å². The van der Waals surface area contributed by atoms with Crippen molar-refractivity contribution in [1.82, 2.24) is 15.2 Å². The number of amides is 1. The van der Waals surface area contributed by atoms with Crippen molar-refractivity contribution in [1.29, 1.82) is 0 Å². The van der Waals surface area contributed by atoms with Crippen molar-refractivity contribution in [3.8, 4) is 28.5 Å². The highest BCUT2D eigenvalue weighted by Gasteiger charge is 2.32. The number of anilines is 1. The maximum Gasteiger partial charge on any atom is 0.573 e. The number of benzene rings is 2. The van der Waals surface area contributed by atoms with Crippen LogP contribution < -0.4 is 19.5 Å². The molecule has 160 valence electrons. The SMILES string of the molecule is O=C(CSc1nncc(-c2ccc3c(c2)OCO3)n1)Nc1ccccc1OC(F)(F)F. The topological polar surface area (TPSA) is 95.5 Å². The molecule has 0 saturated carbocycles. The second-order valence-corrected chi connectivity index (χ2v) is 7.02. The van der Waals surface area contributed by atoms with Gasteiger partial charge in [0, 0.05) is 5.56 Å². The Kier molecular flexibility index (Phi) is 5.80. The molecule has 1 aliphatic heterocycles. The first-order valence-electron chi connectivity index (χ1n) is 8.74. The summed E-state index contributed by atoms with van der Waals surface area (Å²) in [6.07, 6.45) is -3.41. The summed E-state index contributed by atoms with van der Waals surface area (Å²) in [5, 5.41) is 10.4. The molecule has 0 bridgehead atoms. The predicted octanol–water partition coefficient (Wildman–Crippen LogP) is 3.90. The number of rotatable bonds is 6. The molecular formula is C19H13F3N4O4S. The number of hydrogen-bond donors (Lipinski definition) is 1. The number of hydrogen-bond acceptors (Lipinski definition) is 8. The molecule has 0 unspecified atom stereocenters. The summed E-state index contributed by atoms with van der Waals surface area (Å²) in [5.41, 5.74) is 1.14. The highest BCUT2D eigenvalue weighted by atomic mass is 32.2. The van der Waals surface area contributed by atoms with Gasteiger partial charge in [-0.3, -0.25) is 4.79 Å². The van der Waals surface area contributed by atoms with Gasteiger partial charge < -0.3 is 19.5 Å². The molecule has 4 rings (SSSR count). The first-order chi connectivity index (χ1) is 14.9. The van der Waals surface area contributed by atoms with Crippen LogP contribution in [0.1, 0.15) is 0 Å². The van der Waals surface area contributed by atoms with E-state index in [1.165, 1.54) is 24.4 Å². The molecule has 1 N–H and O–H groups in total. The third kappa shape index (κ3) is 5.34. The molecule has 2 aromatic carbocycles. The molecule has 0 spiro atoms. The first kappa shape index (κ1) is 20.7. The van der Waals surface area contributed by atoms with E-state index in [-0.39, 0.29) is 23.4 Å². The zero-order valence-electron chi connectivity index (χ0n) is 15.5. The van der Waals surface area contributed by atoms with Gasteiger partial charge in [-0.05, 0) is 30.3 Å². The highest BCUT2D eigenvalue weighted by molar-refractivity contribution is 7.99. The van der Waals surface area contributed by atoms with Crippen LogP contribution in [-0.4, -0.2) is 40.0 Å². The van der Waals surface area contributed by atoms with E-state index in [1.807, 2.05) is 0 Å². The van der Waals surface area contributed by atoms with Crippen LogP contribution in [0.3, 0.4) is 0 Å². The van der Waals surface area contributed by atoms with Gasteiger partial charge in [-0.2, -0.15) is 5.10 Å². The molecule has 1 amide bonds. The predicted molar refractivity (Wildman–Crippen MR) is 104 cm³/mol. The fourth-order valence-electron chi connectivity index (χ4n) is 2.64. The van der Waals surface area contributed by atoms with Gasteiger partial charge in [-0.1, -0.05) is 23.9 Å². The van der Waals surface area contributed by atoms with Gasteiger partial charge in [0.2, 0.25) is 17.9 Å². The Bertz CT molecular complexity index is 1110. The van der Waals surface area contributed by atoms with Crippen molar-refractivity contribution in [2.45, 2.75) is 11.5 Å². The molecule has 12 heteroatoms. The van der Waals surface area contributed by atoms with Crippen LogP contribution in [0.2, 0.25) is 0 Å². The number of para-hydroxylation sites is 2. The number of alkyl halides is 3. The Hall–Kier alpha value is -3.54. The van der Waals surface area contributed by atoms with Crippen LogP contribution in [-0.2, 0) is 4.79 Å². The van der Waals surface area contributed by atoms with Crippen molar-refractivity contribution in [2.24, 2.45) is 0 Å². The smallest absolute Gasteiger partial charge is 0.454 e. The number of aromatic nitrogens is 3. The largest absolute Gasteiger partial charge is 0.573 e. The van der Waals surface area contributed by atoms with Gasteiger partial charge in [0.25, 0.3) is 0 Å². The van der Waals surface area contributed by atoms with Crippen molar-refractivity contribution < 1.29 is 32.2 Å². The molecule has 0 saturated heterocycles. The second kappa shape index (κ2) is 8.68. The van der Waals surface area contributed by atoms with Gasteiger partial charge in [-0.15, -0.1) is 18.3 Å². The minimum atomic E-state index is -4.87. The first-order valence-corrected chi connectivity index (χ1v) is 9.73. The Morgan fingerprint density at radius 1 is 1.16 bits per heavy atom. The molecule has 0 radical (unpaired) electrons. The fourth-order valence-corrected chi connectivity index (χ4v) is 3.24. The second-order valence-electron chi connectivity index (χ2n) is 6.07. The van der Waals surface area contributed by atoms with Crippen LogP contribution in [0, 0.1) is 0 Å². The summed E-state index contributed by atoms with van der Waals surface area (Å²) < 4.78 is 52.0. The van der Waals surface area contributed by atoms with Crippen LogP contribution in [0.4, 0.5) is 18.9 Å². The lowest BCUT2D eigenvalue weighted by molar-refractivity contribution is -0.274. The van der Waals surface area contributed by atoms with Crippen molar-refractivity contribution in [3.05, 3.63) is 48.7 Å². The summed E-state index contributed by atoms with van der Waals surface area (Å²) >= 11 is 0.985. The number of nitrogens with one attached hydrogen (secondary N) is 1. The average Bonchev–Trinajstić information content (AvgIpc) is 3.21. The number of halogens is 3. The van der Waals surface area contributed by atoms with Crippen LogP contribution in [0.25, 0.3) is 11.3 Å². The standard InChI is InChI=1S/C19H13F3N4O4S/c20-19(21,22)30-14-4-2-1-3-12(14)24-17(27)9-31-18-25-13(8-23-26-18)11-5-6-15-16(7-11)29-10-28-15/h1-8H,9-10H2,(H,24,27). The third-order valence-electron chi connectivity index (χ3n) is 3.93.